The van der Waals surface area contributed by atoms with Gasteiger partial charge >= 0.3 is 0 Å². The van der Waals surface area contributed by atoms with E-state index >= 15 is 0 Å². The number of primary amides is 1. The number of carbonyl (C=O) groups is 1. The molecule has 0 unspecified atom stereocenters. The summed E-state index contributed by atoms with van der Waals surface area (Å²) in [4.78, 5) is 16.9. The van der Waals surface area contributed by atoms with E-state index in [2.05, 4.69) is 4.98 Å². The number of thiophene rings is 1. The molecule has 21 heavy (non-hydrogen) atoms. The smallest absolute Gasteiger partial charge is 0.260 e. The molecule has 0 atom stereocenters. The number of carbonyl (C=O) groups excluding carboxylic acids is 1. The summed E-state index contributed by atoms with van der Waals surface area (Å²) in [6, 6.07) is 7.99. The summed E-state index contributed by atoms with van der Waals surface area (Å²) in [7, 11) is 0. The third-order valence-electron chi connectivity index (χ3n) is 3.25. The van der Waals surface area contributed by atoms with Gasteiger partial charge in [0, 0.05) is 10.9 Å². The van der Waals surface area contributed by atoms with Gasteiger partial charge in [-0.25, -0.2) is 9.37 Å². The maximum absolute atomic E-state index is 13.0. The fraction of sp³-hybridized carbons (Fsp3) is 0.0667. The fourth-order valence-electron chi connectivity index (χ4n) is 2.22. The van der Waals surface area contributed by atoms with Crippen LogP contribution in [0, 0.1) is 12.7 Å². The van der Waals surface area contributed by atoms with E-state index in [1.165, 1.54) is 23.5 Å². The minimum absolute atomic E-state index is 0.297. The number of fused-ring (bicyclic) bond motifs is 1. The van der Waals surface area contributed by atoms with Gasteiger partial charge in [-0.05, 0) is 42.8 Å². The summed E-state index contributed by atoms with van der Waals surface area (Å²) in [5.41, 5.74) is 14.0. The molecule has 0 fully saturated rings. The maximum atomic E-state index is 13.0. The zero-order valence-corrected chi connectivity index (χ0v) is 12.0. The number of hydrogen-bond donors (Lipinski definition) is 2. The number of nitrogens with two attached hydrogens (primary N) is 2. The average molecular weight is 301 g/mol. The normalized spacial score (nSPS) is 11.0. The van der Waals surface area contributed by atoms with E-state index in [4.69, 9.17) is 11.5 Å². The lowest BCUT2D eigenvalue weighted by atomic mass is 10.1. The SMILES string of the molecule is Cc1cc2c(N)c(C(N)=O)sc2nc1-c1ccc(F)cc1. The minimum atomic E-state index is -0.559. The summed E-state index contributed by atoms with van der Waals surface area (Å²) in [6.45, 7) is 1.90. The molecule has 4 N–H and O–H groups in total. The van der Waals surface area contributed by atoms with Gasteiger partial charge in [-0.15, -0.1) is 11.3 Å². The number of aromatic nitrogens is 1. The predicted octanol–water partition coefficient (Wildman–Crippen LogP) is 3.09. The molecule has 1 aromatic carbocycles. The number of pyridine rings is 1. The van der Waals surface area contributed by atoms with Gasteiger partial charge in [0.2, 0.25) is 0 Å². The Labute approximate surface area is 124 Å². The van der Waals surface area contributed by atoms with Crippen molar-refractivity contribution in [2.75, 3.05) is 5.73 Å². The summed E-state index contributed by atoms with van der Waals surface area (Å²) < 4.78 is 13.0. The number of anilines is 1. The van der Waals surface area contributed by atoms with Gasteiger partial charge < -0.3 is 11.5 Å². The highest BCUT2D eigenvalue weighted by molar-refractivity contribution is 7.21. The lowest BCUT2D eigenvalue weighted by Gasteiger charge is -2.05. The van der Waals surface area contributed by atoms with E-state index < -0.39 is 5.91 Å². The highest BCUT2D eigenvalue weighted by Crippen LogP contribution is 2.35. The Morgan fingerprint density at radius 1 is 1.29 bits per heavy atom. The first kappa shape index (κ1) is 13.5. The van der Waals surface area contributed by atoms with Crippen LogP contribution in [-0.2, 0) is 0 Å². The molecule has 3 rings (SSSR count). The van der Waals surface area contributed by atoms with Crippen molar-refractivity contribution in [1.82, 2.24) is 4.98 Å². The molecule has 0 saturated carbocycles. The van der Waals surface area contributed by atoms with Gasteiger partial charge in [0.25, 0.3) is 5.91 Å². The standard InChI is InChI=1S/C15H12FN3OS/c1-7-6-10-11(17)13(14(18)20)21-15(10)19-12(7)8-2-4-9(16)5-3-8/h2-6H,17H2,1H3,(H2,18,20). The number of rotatable bonds is 2. The molecule has 6 heteroatoms. The second-order valence-electron chi connectivity index (χ2n) is 4.72. The molecule has 0 spiro atoms. The van der Waals surface area contributed by atoms with Gasteiger partial charge in [0.15, 0.2) is 0 Å². The Hall–Kier alpha value is -2.47. The first-order valence-electron chi connectivity index (χ1n) is 6.22. The van der Waals surface area contributed by atoms with Crippen molar-refractivity contribution in [2.45, 2.75) is 6.92 Å². The number of halogens is 1. The van der Waals surface area contributed by atoms with E-state index in [9.17, 15) is 9.18 Å². The summed E-state index contributed by atoms with van der Waals surface area (Å²) in [6.07, 6.45) is 0. The number of nitrogen functional groups attached to an aromatic ring is 1. The van der Waals surface area contributed by atoms with Crippen LogP contribution in [0.2, 0.25) is 0 Å². The zero-order valence-electron chi connectivity index (χ0n) is 11.2. The number of benzene rings is 1. The third-order valence-corrected chi connectivity index (χ3v) is 4.38. The second kappa shape index (κ2) is 4.82. The van der Waals surface area contributed by atoms with Crippen LogP contribution in [-0.4, -0.2) is 10.9 Å². The molecule has 2 heterocycles. The molecule has 4 nitrogen and oxygen atoms in total. The van der Waals surface area contributed by atoms with Gasteiger partial charge in [-0.3, -0.25) is 4.79 Å². The van der Waals surface area contributed by atoms with Crippen molar-refractivity contribution in [3.05, 3.63) is 46.6 Å². The van der Waals surface area contributed by atoms with Crippen LogP contribution in [0.15, 0.2) is 30.3 Å². The van der Waals surface area contributed by atoms with Crippen molar-refractivity contribution >= 4 is 33.1 Å². The van der Waals surface area contributed by atoms with Crippen LogP contribution >= 0.6 is 11.3 Å². The molecule has 106 valence electrons. The van der Waals surface area contributed by atoms with E-state index in [1.807, 2.05) is 13.0 Å². The molecule has 0 aliphatic heterocycles. The summed E-state index contributed by atoms with van der Waals surface area (Å²) in [5.74, 6) is -0.856. The zero-order chi connectivity index (χ0) is 15.1. The van der Waals surface area contributed by atoms with E-state index in [-0.39, 0.29) is 5.82 Å². The Kier molecular flexibility index (Phi) is 3.10. The van der Waals surface area contributed by atoms with Crippen LogP contribution in [0.3, 0.4) is 0 Å². The molecule has 0 radical (unpaired) electrons. The van der Waals surface area contributed by atoms with Crippen molar-refractivity contribution in [3.8, 4) is 11.3 Å². The van der Waals surface area contributed by atoms with Crippen LogP contribution < -0.4 is 11.5 Å². The first-order valence-corrected chi connectivity index (χ1v) is 7.04. The topological polar surface area (TPSA) is 82.0 Å². The Bertz CT molecular complexity index is 855. The summed E-state index contributed by atoms with van der Waals surface area (Å²) >= 11 is 1.17. The Morgan fingerprint density at radius 3 is 2.57 bits per heavy atom. The monoisotopic (exact) mass is 301 g/mol. The van der Waals surface area contributed by atoms with E-state index in [0.717, 1.165) is 22.2 Å². The molecule has 0 aliphatic carbocycles. The molecule has 1 amide bonds. The highest BCUT2D eigenvalue weighted by Gasteiger charge is 2.16. The molecule has 0 bridgehead atoms. The molecule has 0 aliphatic rings. The van der Waals surface area contributed by atoms with Gasteiger partial charge in [0.1, 0.15) is 15.5 Å². The fourth-order valence-corrected chi connectivity index (χ4v) is 3.15. The molecular weight excluding hydrogens is 289 g/mol. The van der Waals surface area contributed by atoms with Gasteiger partial charge in [0.05, 0.1) is 11.4 Å². The predicted molar refractivity (Wildman–Crippen MR) is 82.7 cm³/mol. The molecular formula is C15H12FN3OS. The molecule has 2 aromatic heterocycles. The summed E-state index contributed by atoms with van der Waals surface area (Å²) in [5, 5.41) is 0.720. The largest absolute Gasteiger partial charge is 0.397 e. The quantitative estimate of drug-likeness (QED) is 0.763. The van der Waals surface area contributed by atoms with Crippen molar-refractivity contribution in [3.63, 3.8) is 0 Å². The Balaban J connectivity index is 2.23. The lowest BCUT2D eigenvalue weighted by molar-refractivity contribution is 0.100. The van der Waals surface area contributed by atoms with Crippen LogP contribution in [0.4, 0.5) is 10.1 Å². The number of nitrogens with zero attached hydrogens (tertiary/aromatic N) is 1. The van der Waals surface area contributed by atoms with Crippen LogP contribution in [0.25, 0.3) is 21.5 Å². The highest BCUT2D eigenvalue weighted by atomic mass is 32.1. The lowest BCUT2D eigenvalue weighted by Crippen LogP contribution is -2.10. The van der Waals surface area contributed by atoms with Gasteiger partial charge in [-0.2, -0.15) is 0 Å². The minimum Gasteiger partial charge on any atom is -0.397 e. The van der Waals surface area contributed by atoms with E-state index in [1.54, 1.807) is 12.1 Å². The molecule has 3 aromatic rings. The van der Waals surface area contributed by atoms with Crippen molar-refractivity contribution in [1.29, 1.82) is 0 Å². The number of hydrogen-bond acceptors (Lipinski definition) is 4. The Morgan fingerprint density at radius 2 is 1.95 bits per heavy atom. The van der Waals surface area contributed by atoms with Crippen LogP contribution in [0.1, 0.15) is 15.2 Å². The maximum Gasteiger partial charge on any atom is 0.260 e. The number of amides is 1. The van der Waals surface area contributed by atoms with Crippen molar-refractivity contribution < 1.29 is 9.18 Å². The average Bonchev–Trinajstić information content (AvgIpc) is 2.76. The van der Waals surface area contributed by atoms with Crippen LogP contribution in [0.5, 0.6) is 0 Å². The van der Waals surface area contributed by atoms with Crippen molar-refractivity contribution in [2.24, 2.45) is 5.73 Å². The third kappa shape index (κ3) is 2.23. The number of aryl methyl sites for hydroxylation is 1. The first-order chi connectivity index (χ1) is 9.97. The van der Waals surface area contributed by atoms with Gasteiger partial charge in [-0.1, -0.05) is 0 Å². The van der Waals surface area contributed by atoms with E-state index in [0.29, 0.717) is 15.4 Å². The second-order valence-corrected chi connectivity index (χ2v) is 5.72. The molecule has 0 saturated heterocycles.